The van der Waals surface area contributed by atoms with Crippen LogP contribution >= 0.6 is 0 Å². The molecule has 0 saturated carbocycles. The Labute approximate surface area is 93.4 Å². The van der Waals surface area contributed by atoms with E-state index in [4.69, 9.17) is 4.74 Å². The smallest absolute Gasteiger partial charge is 0.0673 e. The maximum Gasteiger partial charge on any atom is 0.0673 e. The molecule has 0 aliphatic carbocycles. The molecule has 90 valence electrons. The lowest BCUT2D eigenvalue weighted by Gasteiger charge is -2.34. The third-order valence-electron chi connectivity index (χ3n) is 3.30. The van der Waals surface area contributed by atoms with E-state index in [0.29, 0.717) is 6.10 Å². The highest BCUT2D eigenvalue weighted by molar-refractivity contribution is 4.80. The number of rotatable bonds is 3. The molecule has 1 heterocycles. The summed E-state index contributed by atoms with van der Waals surface area (Å²) >= 11 is 0. The summed E-state index contributed by atoms with van der Waals surface area (Å²) in [5.74, 6) is 0. The largest absolute Gasteiger partial charge is 0.393 e. The van der Waals surface area contributed by atoms with Gasteiger partial charge < -0.3 is 14.7 Å². The van der Waals surface area contributed by atoms with Gasteiger partial charge in [-0.05, 0) is 20.3 Å². The van der Waals surface area contributed by atoms with Gasteiger partial charge in [-0.3, -0.25) is 0 Å². The number of aliphatic hydroxyl groups is 1. The van der Waals surface area contributed by atoms with E-state index >= 15 is 0 Å². The van der Waals surface area contributed by atoms with Crippen LogP contribution in [0.1, 0.15) is 34.1 Å². The summed E-state index contributed by atoms with van der Waals surface area (Å²) in [5, 5.41) is 9.69. The SMILES string of the molecule is CC1CN(CC(C)(C)C(C)O)CCCO1. The Balaban J connectivity index is 2.48. The summed E-state index contributed by atoms with van der Waals surface area (Å²) in [6.07, 6.45) is 1.15. The summed E-state index contributed by atoms with van der Waals surface area (Å²) in [4.78, 5) is 2.41. The lowest BCUT2D eigenvalue weighted by atomic mass is 9.87. The number of hydrogen-bond donors (Lipinski definition) is 1. The minimum Gasteiger partial charge on any atom is -0.393 e. The monoisotopic (exact) mass is 215 g/mol. The highest BCUT2D eigenvalue weighted by Gasteiger charge is 2.28. The van der Waals surface area contributed by atoms with Crippen molar-refractivity contribution in [3.05, 3.63) is 0 Å². The zero-order valence-corrected chi connectivity index (χ0v) is 10.5. The van der Waals surface area contributed by atoms with Crippen LogP contribution in [0, 0.1) is 5.41 Å². The van der Waals surface area contributed by atoms with E-state index in [0.717, 1.165) is 32.7 Å². The van der Waals surface area contributed by atoms with Crippen molar-refractivity contribution in [2.24, 2.45) is 5.41 Å². The van der Waals surface area contributed by atoms with Gasteiger partial charge in [0.25, 0.3) is 0 Å². The van der Waals surface area contributed by atoms with Gasteiger partial charge in [0.15, 0.2) is 0 Å². The fourth-order valence-corrected chi connectivity index (χ4v) is 1.93. The summed E-state index contributed by atoms with van der Waals surface area (Å²) in [6.45, 7) is 12.1. The molecule has 0 aromatic carbocycles. The molecule has 3 heteroatoms. The van der Waals surface area contributed by atoms with E-state index < -0.39 is 0 Å². The van der Waals surface area contributed by atoms with Gasteiger partial charge in [0.2, 0.25) is 0 Å². The molecular weight excluding hydrogens is 190 g/mol. The number of hydrogen-bond acceptors (Lipinski definition) is 3. The van der Waals surface area contributed by atoms with Gasteiger partial charge in [-0.2, -0.15) is 0 Å². The minimum atomic E-state index is -0.267. The topological polar surface area (TPSA) is 32.7 Å². The van der Waals surface area contributed by atoms with E-state index in [9.17, 15) is 5.11 Å². The lowest BCUT2D eigenvalue weighted by molar-refractivity contribution is 0.0226. The Morgan fingerprint density at radius 1 is 1.53 bits per heavy atom. The molecule has 1 N–H and O–H groups in total. The Kier molecular flexibility index (Phi) is 4.56. The second-order valence-corrected chi connectivity index (χ2v) is 5.43. The summed E-state index contributed by atoms with van der Waals surface area (Å²) in [5.41, 5.74) is -0.0376. The van der Waals surface area contributed by atoms with Crippen LogP contribution in [0.25, 0.3) is 0 Å². The van der Waals surface area contributed by atoms with Gasteiger partial charge in [-0.25, -0.2) is 0 Å². The first-order chi connectivity index (χ1) is 6.92. The molecule has 0 aromatic rings. The molecular formula is C12H25NO2. The van der Waals surface area contributed by atoms with Gasteiger partial charge in [-0.1, -0.05) is 13.8 Å². The fraction of sp³-hybridized carbons (Fsp3) is 1.00. The maximum atomic E-state index is 9.69. The molecule has 1 rings (SSSR count). The van der Waals surface area contributed by atoms with Gasteiger partial charge in [0.05, 0.1) is 12.2 Å². The van der Waals surface area contributed by atoms with Crippen LogP contribution in [-0.2, 0) is 4.74 Å². The molecule has 0 spiro atoms. The molecule has 3 nitrogen and oxygen atoms in total. The predicted molar refractivity (Wildman–Crippen MR) is 61.9 cm³/mol. The van der Waals surface area contributed by atoms with E-state index in [2.05, 4.69) is 25.7 Å². The predicted octanol–water partition coefficient (Wildman–Crippen LogP) is 1.50. The fourth-order valence-electron chi connectivity index (χ4n) is 1.93. The molecule has 1 saturated heterocycles. The van der Waals surface area contributed by atoms with Crippen molar-refractivity contribution in [2.75, 3.05) is 26.2 Å². The van der Waals surface area contributed by atoms with Crippen molar-refractivity contribution in [1.29, 1.82) is 0 Å². The second kappa shape index (κ2) is 5.28. The zero-order chi connectivity index (χ0) is 11.5. The van der Waals surface area contributed by atoms with Gasteiger partial charge in [0.1, 0.15) is 0 Å². The lowest BCUT2D eigenvalue weighted by Crippen LogP contribution is -2.42. The van der Waals surface area contributed by atoms with Crippen molar-refractivity contribution >= 4 is 0 Å². The van der Waals surface area contributed by atoms with Crippen LogP contribution < -0.4 is 0 Å². The third kappa shape index (κ3) is 4.09. The van der Waals surface area contributed by atoms with Crippen LogP contribution in [0.5, 0.6) is 0 Å². The minimum absolute atomic E-state index is 0.0376. The van der Waals surface area contributed by atoms with Gasteiger partial charge in [0, 0.05) is 31.7 Å². The van der Waals surface area contributed by atoms with Crippen LogP contribution in [0.15, 0.2) is 0 Å². The first-order valence-corrected chi connectivity index (χ1v) is 5.94. The first-order valence-electron chi connectivity index (χ1n) is 5.94. The van der Waals surface area contributed by atoms with E-state index in [1.807, 2.05) is 6.92 Å². The number of aliphatic hydroxyl groups excluding tert-OH is 1. The molecule has 0 aromatic heterocycles. The highest BCUT2D eigenvalue weighted by Crippen LogP contribution is 2.23. The Morgan fingerprint density at radius 2 is 2.20 bits per heavy atom. The van der Waals surface area contributed by atoms with Crippen molar-refractivity contribution < 1.29 is 9.84 Å². The Morgan fingerprint density at radius 3 is 2.80 bits per heavy atom. The van der Waals surface area contributed by atoms with Crippen molar-refractivity contribution in [2.45, 2.75) is 46.3 Å². The normalized spacial score (nSPS) is 27.4. The van der Waals surface area contributed by atoms with Crippen LogP contribution in [-0.4, -0.2) is 48.5 Å². The molecule has 0 amide bonds. The van der Waals surface area contributed by atoms with Crippen molar-refractivity contribution in [3.63, 3.8) is 0 Å². The summed E-state index contributed by atoms with van der Waals surface area (Å²) in [7, 11) is 0. The van der Waals surface area contributed by atoms with Gasteiger partial charge in [-0.15, -0.1) is 0 Å². The quantitative estimate of drug-likeness (QED) is 0.774. The van der Waals surface area contributed by atoms with E-state index in [-0.39, 0.29) is 11.5 Å². The molecule has 1 fully saturated rings. The highest BCUT2D eigenvalue weighted by atomic mass is 16.5. The molecule has 0 bridgehead atoms. The molecule has 2 unspecified atom stereocenters. The Hall–Kier alpha value is -0.120. The molecule has 1 aliphatic heterocycles. The van der Waals surface area contributed by atoms with Crippen molar-refractivity contribution in [3.8, 4) is 0 Å². The molecule has 1 aliphatic rings. The van der Waals surface area contributed by atoms with E-state index in [1.165, 1.54) is 0 Å². The summed E-state index contributed by atoms with van der Waals surface area (Å²) < 4.78 is 5.60. The average Bonchev–Trinajstić information content (AvgIpc) is 2.28. The van der Waals surface area contributed by atoms with E-state index in [1.54, 1.807) is 0 Å². The number of nitrogens with zero attached hydrogens (tertiary/aromatic N) is 1. The van der Waals surface area contributed by atoms with Crippen LogP contribution in [0.4, 0.5) is 0 Å². The average molecular weight is 215 g/mol. The van der Waals surface area contributed by atoms with Crippen molar-refractivity contribution in [1.82, 2.24) is 4.90 Å². The number of ether oxygens (including phenoxy) is 1. The molecule has 2 atom stereocenters. The zero-order valence-electron chi connectivity index (χ0n) is 10.5. The summed E-state index contributed by atoms with van der Waals surface area (Å²) in [6, 6.07) is 0. The third-order valence-corrected chi connectivity index (χ3v) is 3.30. The second-order valence-electron chi connectivity index (χ2n) is 5.43. The maximum absolute atomic E-state index is 9.69. The Bertz CT molecular complexity index is 192. The van der Waals surface area contributed by atoms with Crippen LogP contribution in [0.3, 0.4) is 0 Å². The molecule has 0 radical (unpaired) electrons. The standard InChI is InChI=1S/C12H25NO2/c1-10-8-13(6-5-7-15-10)9-12(3,4)11(2)14/h10-11,14H,5-9H2,1-4H3. The van der Waals surface area contributed by atoms with Gasteiger partial charge >= 0.3 is 0 Å². The first kappa shape index (κ1) is 12.9. The molecule has 15 heavy (non-hydrogen) atoms. The van der Waals surface area contributed by atoms with Crippen LogP contribution in [0.2, 0.25) is 0 Å².